The Morgan fingerprint density at radius 2 is 1.81 bits per heavy atom. The zero-order valence-corrected chi connectivity index (χ0v) is 16.9. The first kappa shape index (κ1) is 21.0. The van der Waals surface area contributed by atoms with E-state index in [4.69, 9.17) is 0 Å². The fourth-order valence-corrected chi connectivity index (χ4v) is 4.30. The number of carbonyl (C=O) groups is 2. The first-order valence-electron chi connectivity index (χ1n) is 8.95. The van der Waals surface area contributed by atoms with Crippen LogP contribution in [0.5, 0.6) is 0 Å². The van der Waals surface area contributed by atoms with E-state index >= 15 is 0 Å². The summed E-state index contributed by atoms with van der Waals surface area (Å²) in [5, 5.41) is 8.01. The summed E-state index contributed by atoms with van der Waals surface area (Å²) in [6.45, 7) is 6.22. The highest BCUT2D eigenvalue weighted by Gasteiger charge is 2.24. The number of nitrogens with zero attached hydrogens (tertiary/aromatic N) is 3. The van der Waals surface area contributed by atoms with E-state index in [1.165, 1.54) is 16.4 Å². The van der Waals surface area contributed by atoms with Gasteiger partial charge in [-0.2, -0.15) is 9.41 Å². The number of hydrazone groups is 1. The third kappa shape index (κ3) is 4.72. The van der Waals surface area contributed by atoms with Gasteiger partial charge in [0.2, 0.25) is 15.9 Å². The van der Waals surface area contributed by atoms with Crippen LogP contribution in [0.1, 0.15) is 45.2 Å². The molecule has 9 heteroatoms. The Labute approximate surface area is 160 Å². The molecule has 0 aromatic heterocycles. The van der Waals surface area contributed by atoms with Crippen molar-refractivity contribution < 1.29 is 18.0 Å². The third-order valence-electron chi connectivity index (χ3n) is 4.54. The number of sulfonamides is 1. The molecule has 1 aromatic carbocycles. The van der Waals surface area contributed by atoms with Crippen LogP contribution in [0.15, 0.2) is 34.3 Å². The normalized spacial score (nSPS) is 16.3. The predicted octanol–water partition coefficient (Wildman–Crippen LogP) is 1.50. The molecule has 2 amide bonds. The van der Waals surface area contributed by atoms with E-state index in [1.807, 2.05) is 6.92 Å². The molecule has 8 nitrogen and oxygen atoms in total. The summed E-state index contributed by atoms with van der Waals surface area (Å²) < 4.78 is 26.4. The maximum Gasteiger partial charge on any atom is 0.267 e. The molecule has 0 fully saturated rings. The summed E-state index contributed by atoms with van der Waals surface area (Å²) in [5.74, 6) is -0.453. The molecule has 1 N–H and O–H groups in total. The second-order valence-corrected chi connectivity index (χ2v) is 8.26. The molecule has 1 unspecified atom stereocenters. The molecule has 0 saturated heterocycles. The van der Waals surface area contributed by atoms with Crippen molar-refractivity contribution in [3.63, 3.8) is 0 Å². The molecule has 0 saturated carbocycles. The first-order valence-corrected chi connectivity index (χ1v) is 10.4. The van der Waals surface area contributed by atoms with Gasteiger partial charge >= 0.3 is 0 Å². The van der Waals surface area contributed by atoms with Crippen molar-refractivity contribution in [2.75, 3.05) is 20.1 Å². The fraction of sp³-hybridized carbons (Fsp3) is 0.500. The largest absolute Gasteiger partial charge is 0.344 e. The molecule has 148 valence electrons. The highest BCUT2D eigenvalue weighted by atomic mass is 32.2. The van der Waals surface area contributed by atoms with Gasteiger partial charge in [-0.1, -0.05) is 26.0 Å². The van der Waals surface area contributed by atoms with E-state index in [1.54, 1.807) is 38.1 Å². The lowest BCUT2D eigenvalue weighted by molar-refractivity contribution is -0.130. The Kier molecular flexibility index (Phi) is 6.72. The Bertz CT molecular complexity index is 829. The van der Waals surface area contributed by atoms with Crippen LogP contribution in [0.2, 0.25) is 0 Å². The minimum Gasteiger partial charge on any atom is -0.344 e. The van der Waals surface area contributed by atoms with Crippen LogP contribution >= 0.6 is 0 Å². The molecule has 1 aromatic rings. The lowest BCUT2D eigenvalue weighted by Crippen LogP contribution is -2.38. The van der Waals surface area contributed by atoms with Crippen LogP contribution in [0.4, 0.5) is 0 Å². The average Bonchev–Trinajstić information content (AvgIpc) is 2.64. The zero-order valence-electron chi connectivity index (χ0n) is 16.1. The minimum absolute atomic E-state index is 0.121. The quantitative estimate of drug-likeness (QED) is 0.757. The number of hydrogen-bond donors (Lipinski definition) is 1. The molecule has 1 aliphatic heterocycles. The van der Waals surface area contributed by atoms with E-state index in [2.05, 4.69) is 10.4 Å². The van der Waals surface area contributed by atoms with Gasteiger partial charge in [-0.05, 0) is 24.6 Å². The third-order valence-corrected chi connectivity index (χ3v) is 6.60. The second kappa shape index (κ2) is 8.62. The lowest BCUT2D eigenvalue weighted by atomic mass is 10.1. The SMILES string of the molecule is CCN(CC)S(=O)(=O)c1ccc(C(C)NC(=O)C2=NN(C)C(=O)CC2)cc1. The Morgan fingerprint density at radius 1 is 1.22 bits per heavy atom. The van der Waals surface area contributed by atoms with Crippen LogP contribution in [-0.2, 0) is 19.6 Å². The number of hydrogen-bond acceptors (Lipinski definition) is 5. The molecule has 0 aliphatic carbocycles. The smallest absolute Gasteiger partial charge is 0.267 e. The van der Waals surface area contributed by atoms with Crippen molar-refractivity contribution in [3.05, 3.63) is 29.8 Å². The molecular formula is C18H26N4O4S. The molecule has 27 heavy (non-hydrogen) atoms. The van der Waals surface area contributed by atoms with Gasteiger partial charge in [-0.3, -0.25) is 9.59 Å². The number of rotatable bonds is 7. The highest BCUT2D eigenvalue weighted by molar-refractivity contribution is 7.89. The van der Waals surface area contributed by atoms with Gasteiger partial charge in [0, 0.05) is 33.0 Å². The summed E-state index contributed by atoms with van der Waals surface area (Å²) in [6.07, 6.45) is 0.567. The van der Waals surface area contributed by atoms with Gasteiger partial charge in [-0.25, -0.2) is 13.4 Å². The maximum absolute atomic E-state index is 12.5. The minimum atomic E-state index is -3.51. The number of benzene rings is 1. The molecule has 1 atom stereocenters. The standard InChI is InChI=1S/C18H26N4O4S/c1-5-22(6-2)27(25,26)15-9-7-14(8-10-15)13(3)19-18(24)16-11-12-17(23)21(4)20-16/h7-10,13H,5-6,11-12H2,1-4H3,(H,19,24). The molecule has 2 rings (SSSR count). The van der Waals surface area contributed by atoms with E-state index in [-0.39, 0.29) is 29.2 Å². The molecule has 0 radical (unpaired) electrons. The summed E-state index contributed by atoms with van der Waals surface area (Å²) >= 11 is 0. The van der Waals surface area contributed by atoms with Crippen LogP contribution < -0.4 is 5.32 Å². The van der Waals surface area contributed by atoms with Crippen molar-refractivity contribution >= 4 is 27.5 Å². The van der Waals surface area contributed by atoms with Crippen molar-refractivity contribution in [1.82, 2.24) is 14.6 Å². The topological polar surface area (TPSA) is 99.2 Å². The molecule has 0 bridgehead atoms. The van der Waals surface area contributed by atoms with Crippen LogP contribution in [0.25, 0.3) is 0 Å². The summed E-state index contributed by atoms with van der Waals surface area (Å²) in [5.41, 5.74) is 1.09. The number of amides is 2. The highest BCUT2D eigenvalue weighted by Crippen LogP contribution is 2.19. The molecule has 0 spiro atoms. The van der Waals surface area contributed by atoms with Gasteiger partial charge in [0.15, 0.2) is 0 Å². The van der Waals surface area contributed by atoms with Crippen molar-refractivity contribution in [2.24, 2.45) is 5.10 Å². The average molecular weight is 394 g/mol. The van der Waals surface area contributed by atoms with Crippen LogP contribution in [-0.4, -0.2) is 55.4 Å². The molecular weight excluding hydrogens is 368 g/mol. The summed E-state index contributed by atoms with van der Waals surface area (Å²) in [4.78, 5) is 24.0. The molecule has 1 aliphatic rings. The summed E-state index contributed by atoms with van der Waals surface area (Å²) in [7, 11) is -1.98. The van der Waals surface area contributed by atoms with E-state index in [0.717, 1.165) is 5.56 Å². The Hall–Kier alpha value is -2.26. The first-order chi connectivity index (χ1) is 12.7. The Balaban J connectivity index is 2.10. The zero-order chi connectivity index (χ0) is 20.2. The van der Waals surface area contributed by atoms with Gasteiger partial charge in [0.05, 0.1) is 10.9 Å². The van der Waals surface area contributed by atoms with Crippen molar-refractivity contribution in [2.45, 2.75) is 44.6 Å². The fourth-order valence-electron chi connectivity index (χ4n) is 2.84. The van der Waals surface area contributed by atoms with Gasteiger partial charge in [0.25, 0.3) is 5.91 Å². The second-order valence-electron chi connectivity index (χ2n) is 6.32. The van der Waals surface area contributed by atoms with Gasteiger partial charge in [0.1, 0.15) is 5.71 Å². The van der Waals surface area contributed by atoms with Crippen LogP contribution in [0.3, 0.4) is 0 Å². The van der Waals surface area contributed by atoms with Crippen molar-refractivity contribution in [3.8, 4) is 0 Å². The number of carbonyl (C=O) groups excluding carboxylic acids is 2. The molecule has 1 heterocycles. The number of nitrogens with one attached hydrogen (secondary N) is 1. The lowest BCUT2D eigenvalue weighted by Gasteiger charge is -2.21. The monoisotopic (exact) mass is 394 g/mol. The van der Waals surface area contributed by atoms with E-state index < -0.39 is 10.0 Å². The van der Waals surface area contributed by atoms with E-state index in [0.29, 0.717) is 25.2 Å². The van der Waals surface area contributed by atoms with Gasteiger partial charge < -0.3 is 5.32 Å². The Morgan fingerprint density at radius 3 is 2.33 bits per heavy atom. The van der Waals surface area contributed by atoms with E-state index in [9.17, 15) is 18.0 Å². The van der Waals surface area contributed by atoms with Crippen LogP contribution in [0, 0.1) is 0 Å². The predicted molar refractivity (Wildman–Crippen MR) is 103 cm³/mol. The summed E-state index contributed by atoms with van der Waals surface area (Å²) in [6, 6.07) is 6.17. The maximum atomic E-state index is 12.5. The van der Waals surface area contributed by atoms with Crippen molar-refractivity contribution in [1.29, 1.82) is 0 Å². The van der Waals surface area contributed by atoms with Gasteiger partial charge in [-0.15, -0.1) is 0 Å².